The third-order valence-corrected chi connectivity index (χ3v) is 5.27. The molecule has 6 nitrogen and oxygen atoms in total. The zero-order chi connectivity index (χ0) is 13.8. The van der Waals surface area contributed by atoms with Crippen LogP contribution in [0, 0.1) is 0 Å². The Bertz CT molecular complexity index is 375. The van der Waals surface area contributed by atoms with Crippen LogP contribution < -0.4 is 10.6 Å². The maximum atomic E-state index is 12.3. The summed E-state index contributed by atoms with van der Waals surface area (Å²) in [5, 5.41) is 5.35. The highest BCUT2D eigenvalue weighted by Gasteiger charge is 2.34. The van der Waals surface area contributed by atoms with Crippen molar-refractivity contribution in [3.63, 3.8) is 0 Å². The summed E-state index contributed by atoms with van der Waals surface area (Å²) >= 11 is 0. The van der Waals surface area contributed by atoms with Crippen LogP contribution in [0.1, 0.15) is 27.2 Å². The standard InChI is InChI=1S/C11H23N3O3S/c1-4-14(8-11(15)13-9(2)3)18(16,17)10-5-6-12-7-10/h9-10,12H,4-8H2,1-3H3,(H,13,15). The second-order valence-electron chi connectivity index (χ2n) is 4.81. The van der Waals surface area contributed by atoms with Gasteiger partial charge in [0.1, 0.15) is 0 Å². The Balaban J connectivity index is 2.67. The van der Waals surface area contributed by atoms with E-state index < -0.39 is 15.3 Å². The topological polar surface area (TPSA) is 78.5 Å². The van der Waals surface area contributed by atoms with E-state index in [1.165, 1.54) is 4.31 Å². The molecule has 0 radical (unpaired) electrons. The van der Waals surface area contributed by atoms with E-state index in [1.807, 2.05) is 13.8 Å². The normalized spacial score (nSPS) is 20.6. The van der Waals surface area contributed by atoms with Gasteiger partial charge < -0.3 is 10.6 Å². The zero-order valence-electron chi connectivity index (χ0n) is 11.3. The van der Waals surface area contributed by atoms with E-state index in [-0.39, 0.29) is 18.5 Å². The van der Waals surface area contributed by atoms with Gasteiger partial charge in [-0.05, 0) is 26.8 Å². The smallest absolute Gasteiger partial charge is 0.235 e. The predicted octanol–water partition coefficient (Wildman–Crippen LogP) is -0.475. The van der Waals surface area contributed by atoms with Gasteiger partial charge in [-0.25, -0.2) is 8.42 Å². The minimum absolute atomic E-state index is 0.0204. The number of likely N-dealkylation sites (N-methyl/N-ethyl adjacent to an activating group) is 1. The van der Waals surface area contributed by atoms with Crippen LogP contribution in [0.25, 0.3) is 0 Å². The molecule has 1 heterocycles. The first-order valence-electron chi connectivity index (χ1n) is 6.37. The van der Waals surface area contributed by atoms with Crippen molar-refractivity contribution >= 4 is 15.9 Å². The van der Waals surface area contributed by atoms with Gasteiger partial charge in [-0.2, -0.15) is 4.31 Å². The summed E-state index contributed by atoms with van der Waals surface area (Å²) < 4.78 is 25.8. The van der Waals surface area contributed by atoms with E-state index in [9.17, 15) is 13.2 Å². The molecule has 1 amide bonds. The van der Waals surface area contributed by atoms with Gasteiger partial charge in [-0.1, -0.05) is 6.92 Å². The van der Waals surface area contributed by atoms with E-state index >= 15 is 0 Å². The highest BCUT2D eigenvalue weighted by Crippen LogP contribution is 2.14. The number of carbonyl (C=O) groups is 1. The Hall–Kier alpha value is -0.660. The molecule has 1 atom stereocenters. The molecule has 18 heavy (non-hydrogen) atoms. The number of sulfonamides is 1. The first-order valence-corrected chi connectivity index (χ1v) is 7.87. The first kappa shape index (κ1) is 15.4. The van der Waals surface area contributed by atoms with E-state index in [4.69, 9.17) is 0 Å². The number of amides is 1. The summed E-state index contributed by atoms with van der Waals surface area (Å²) in [6.07, 6.45) is 0.616. The third-order valence-electron chi connectivity index (χ3n) is 2.92. The van der Waals surface area contributed by atoms with Gasteiger partial charge in [0, 0.05) is 19.1 Å². The Kier molecular flexibility index (Phi) is 5.55. The van der Waals surface area contributed by atoms with Gasteiger partial charge in [-0.15, -0.1) is 0 Å². The van der Waals surface area contributed by atoms with Crippen LogP contribution in [0.2, 0.25) is 0 Å². The molecule has 7 heteroatoms. The van der Waals surface area contributed by atoms with Crippen molar-refractivity contribution in [2.24, 2.45) is 0 Å². The lowest BCUT2D eigenvalue weighted by Crippen LogP contribution is -2.46. The van der Waals surface area contributed by atoms with Crippen molar-refractivity contribution < 1.29 is 13.2 Å². The highest BCUT2D eigenvalue weighted by atomic mass is 32.2. The molecular formula is C11H23N3O3S. The maximum Gasteiger partial charge on any atom is 0.235 e. The van der Waals surface area contributed by atoms with Crippen molar-refractivity contribution in [1.29, 1.82) is 0 Å². The Morgan fingerprint density at radius 2 is 2.17 bits per heavy atom. The fraction of sp³-hybridized carbons (Fsp3) is 0.909. The molecule has 0 bridgehead atoms. The number of carbonyl (C=O) groups excluding carboxylic acids is 1. The van der Waals surface area contributed by atoms with Crippen LogP contribution in [0.4, 0.5) is 0 Å². The molecule has 0 aliphatic carbocycles. The molecule has 1 aliphatic rings. The first-order chi connectivity index (χ1) is 8.37. The molecule has 0 aromatic carbocycles. The van der Waals surface area contributed by atoms with Crippen molar-refractivity contribution in [3.05, 3.63) is 0 Å². The van der Waals surface area contributed by atoms with Gasteiger partial charge in [0.15, 0.2) is 0 Å². The van der Waals surface area contributed by atoms with Crippen LogP contribution in [0.3, 0.4) is 0 Å². The number of hydrogen-bond acceptors (Lipinski definition) is 4. The lowest BCUT2D eigenvalue weighted by molar-refractivity contribution is -0.121. The van der Waals surface area contributed by atoms with Gasteiger partial charge in [0.2, 0.25) is 15.9 Å². The lowest BCUT2D eigenvalue weighted by Gasteiger charge is -2.23. The number of rotatable bonds is 6. The van der Waals surface area contributed by atoms with E-state index in [2.05, 4.69) is 10.6 Å². The third kappa shape index (κ3) is 3.93. The van der Waals surface area contributed by atoms with Crippen LogP contribution in [-0.2, 0) is 14.8 Å². The highest BCUT2D eigenvalue weighted by molar-refractivity contribution is 7.89. The molecular weight excluding hydrogens is 254 g/mol. The number of nitrogens with zero attached hydrogens (tertiary/aromatic N) is 1. The maximum absolute atomic E-state index is 12.3. The average Bonchev–Trinajstić information content (AvgIpc) is 2.78. The Morgan fingerprint density at radius 3 is 2.61 bits per heavy atom. The van der Waals surface area contributed by atoms with Crippen LogP contribution in [-0.4, -0.2) is 56.1 Å². The fourth-order valence-electron chi connectivity index (χ4n) is 2.00. The van der Waals surface area contributed by atoms with Gasteiger partial charge in [-0.3, -0.25) is 4.79 Å². The molecule has 0 aromatic rings. The van der Waals surface area contributed by atoms with Crippen molar-refractivity contribution in [2.45, 2.75) is 38.5 Å². The van der Waals surface area contributed by atoms with E-state index in [0.717, 1.165) is 6.54 Å². The summed E-state index contributed by atoms with van der Waals surface area (Å²) in [6, 6.07) is 0.0204. The van der Waals surface area contributed by atoms with Gasteiger partial charge >= 0.3 is 0 Å². The molecule has 1 unspecified atom stereocenters. The largest absolute Gasteiger partial charge is 0.353 e. The van der Waals surface area contributed by atoms with Crippen LogP contribution >= 0.6 is 0 Å². The molecule has 106 valence electrons. The van der Waals surface area contributed by atoms with Crippen molar-refractivity contribution in [2.75, 3.05) is 26.2 Å². The monoisotopic (exact) mass is 277 g/mol. The minimum Gasteiger partial charge on any atom is -0.353 e. The SMILES string of the molecule is CCN(CC(=O)NC(C)C)S(=O)(=O)C1CCNC1. The summed E-state index contributed by atoms with van der Waals surface area (Å²) in [5.41, 5.74) is 0. The van der Waals surface area contributed by atoms with Gasteiger partial charge in [0.25, 0.3) is 0 Å². The lowest BCUT2D eigenvalue weighted by atomic mass is 10.4. The zero-order valence-corrected chi connectivity index (χ0v) is 12.1. The molecule has 1 fully saturated rings. The molecule has 1 aliphatic heterocycles. The summed E-state index contributed by atoms with van der Waals surface area (Å²) in [6.45, 7) is 6.89. The molecule has 0 aromatic heterocycles. The Labute approximate surface area is 109 Å². The summed E-state index contributed by atoms with van der Waals surface area (Å²) in [5.74, 6) is -0.249. The Morgan fingerprint density at radius 1 is 1.50 bits per heavy atom. The van der Waals surface area contributed by atoms with Crippen molar-refractivity contribution in [1.82, 2.24) is 14.9 Å². The van der Waals surface area contributed by atoms with E-state index in [1.54, 1.807) is 6.92 Å². The van der Waals surface area contributed by atoms with E-state index in [0.29, 0.717) is 19.5 Å². The molecule has 0 spiro atoms. The minimum atomic E-state index is -3.37. The molecule has 0 saturated carbocycles. The van der Waals surface area contributed by atoms with Gasteiger partial charge in [0.05, 0.1) is 11.8 Å². The van der Waals surface area contributed by atoms with Crippen molar-refractivity contribution in [3.8, 4) is 0 Å². The summed E-state index contributed by atoms with van der Waals surface area (Å²) in [4.78, 5) is 11.7. The summed E-state index contributed by atoms with van der Waals surface area (Å²) in [7, 11) is -3.37. The number of hydrogen-bond donors (Lipinski definition) is 2. The second-order valence-corrected chi connectivity index (χ2v) is 7.02. The molecule has 1 saturated heterocycles. The number of nitrogens with one attached hydrogen (secondary N) is 2. The second kappa shape index (κ2) is 6.49. The van der Waals surface area contributed by atoms with Crippen LogP contribution in [0.5, 0.6) is 0 Å². The van der Waals surface area contributed by atoms with Crippen LogP contribution in [0.15, 0.2) is 0 Å². The predicted molar refractivity (Wildman–Crippen MR) is 70.7 cm³/mol. The quantitative estimate of drug-likeness (QED) is 0.688. The molecule has 1 rings (SSSR count). The average molecular weight is 277 g/mol. The fourth-order valence-corrected chi connectivity index (χ4v) is 3.83. The molecule has 2 N–H and O–H groups in total.